The predicted octanol–water partition coefficient (Wildman–Crippen LogP) is 4.31. The van der Waals surface area contributed by atoms with Crippen molar-refractivity contribution in [3.8, 4) is 0 Å². The van der Waals surface area contributed by atoms with Crippen LogP contribution in [0.4, 0.5) is 10.1 Å². The van der Waals surface area contributed by atoms with Gasteiger partial charge in [-0.15, -0.1) is 0 Å². The third-order valence-electron chi connectivity index (χ3n) is 3.30. The highest BCUT2D eigenvalue weighted by Gasteiger charge is 2.17. The average molecular weight is 372 g/mol. The Morgan fingerprint density at radius 3 is 2.29 bits per heavy atom. The fourth-order valence-corrected chi connectivity index (χ4v) is 3.51. The Labute approximate surface area is 132 Å². The summed E-state index contributed by atoms with van der Waals surface area (Å²) < 4.78 is 41.0. The highest BCUT2D eigenvalue weighted by molar-refractivity contribution is 9.10. The van der Waals surface area contributed by atoms with Crippen LogP contribution in [0.2, 0.25) is 0 Å². The van der Waals surface area contributed by atoms with Crippen molar-refractivity contribution in [3.63, 3.8) is 0 Å². The molecule has 0 heterocycles. The molecule has 6 heteroatoms. The summed E-state index contributed by atoms with van der Waals surface area (Å²) in [6.07, 6.45) is 0. The molecule has 0 spiro atoms. The molecule has 0 atom stereocenters. The van der Waals surface area contributed by atoms with Gasteiger partial charge >= 0.3 is 0 Å². The summed E-state index contributed by atoms with van der Waals surface area (Å²) in [7, 11) is -3.74. The van der Waals surface area contributed by atoms with Crippen molar-refractivity contribution in [2.24, 2.45) is 0 Å². The summed E-state index contributed by atoms with van der Waals surface area (Å²) in [6.45, 7) is 5.47. The molecule has 0 saturated carbocycles. The fraction of sp³-hybridized carbons (Fsp3) is 0.200. The van der Waals surface area contributed by atoms with Gasteiger partial charge in [0.2, 0.25) is 0 Å². The maximum Gasteiger partial charge on any atom is 0.261 e. The molecule has 1 N–H and O–H groups in total. The van der Waals surface area contributed by atoms with Crippen LogP contribution in [0, 0.1) is 26.6 Å². The van der Waals surface area contributed by atoms with Crippen LogP contribution in [0.15, 0.2) is 39.7 Å². The van der Waals surface area contributed by atoms with Gasteiger partial charge in [-0.25, -0.2) is 12.8 Å². The van der Waals surface area contributed by atoms with E-state index in [1.54, 1.807) is 19.1 Å². The van der Waals surface area contributed by atoms with Gasteiger partial charge in [0, 0.05) is 0 Å². The molecular weight excluding hydrogens is 357 g/mol. The largest absolute Gasteiger partial charge is 0.279 e. The molecule has 0 amide bonds. The van der Waals surface area contributed by atoms with Crippen LogP contribution in [0.1, 0.15) is 16.7 Å². The summed E-state index contributed by atoms with van der Waals surface area (Å²) in [4.78, 5) is 0.160. The molecule has 0 unspecified atom stereocenters. The van der Waals surface area contributed by atoms with E-state index in [-0.39, 0.29) is 10.6 Å². The molecule has 112 valence electrons. The zero-order valence-electron chi connectivity index (χ0n) is 11.9. The first-order valence-electron chi connectivity index (χ1n) is 6.26. The van der Waals surface area contributed by atoms with Gasteiger partial charge < -0.3 is 0 Å². The third kappa shape index (κ3) is 3.44. The highest BCUT2D eigenvalue weighted by Crippen LogP contribution is 2.26. The Morgan fingerprint density at radius 1 is 1.00 bits per heavy atom. The van der Waals surface area contributed by atoms with E-state index < -0.39 is 15.8 Å². The van der Waals surface area contributed by atoms with E-state index in [0.717, 1.165) is 17.2 Å². The smallest absolute Gasteiger partial charge is 0.261 e. The molecule has 0 aromatic heterocycles. The highest BCUT2D eigenvalue weighted by atomic mass is 79.9. The molecule has 0 bridgehead atoms. The first-order valence-corrected chi connectivity index (χ1v) is 8.54. The van der Waals surface area contributed by atoms with Crippen LogP contribution in [-0.4, -0.2) is 8.42 Å². The number of aryl methyl sites for hydroxylation is 3. The topological polar surface area (TPSA) is 46.2 Å². The van der Waals surface area contributed by atoms with Crippen molar-refractivity contribution >= 4 is 31.6 Å². The Hall–Kier alpha value is -1.40. The third-order valence-corrected chi connectivity index (χ3v) is 5.27. The Morgan fingerprint density at radius 2 is 1.67 bits per heavy atom. The van der Waals surface area contributed by atoms with Gasteiger partial charge in [0.05, 0.1) is 15.1 Å². The number of hydrogen-bond acceptors (Lipinski definition) is 2. The lowest BCUT2D eigenvalue weighted by Crippen LogP contribution is -2.14. The molecule has 2 aromatic carbocycles. The van der Waals surface area contributed by atoms with E-state index in [4.69, 9.17) is 0 Å². The second-order valence-corrected chi connectivity index (χ2v) is 7.47. The minimum absolute atomic E-state index is 0.160. The number of rotatable bonds is 3. The van der Waals surface area contributed by atoms with Crippen molar-refractivity contribution in [1.29, 1.82) is 0 Å². The summed E-state index contributed by atoms with van der Waals surface area (Å²) in [5.41, 5.74) is 2.76. The van der Waals surface area contributed by atoms with Gasteiger partial charge in [0.25, 0.3) is 10.0 Å². The maximum atomic E-state index is 13.6. The number of nitrogens with one attached hydrogen (secondary N) is 1. The lowest BCUT2D eigenvalue weighted by atomic mass is 10.1. The molecule has 0 aliphatic rings. The van der Waals surface area contributed by atoms with Gasteiger partial charge in [0.1, 0.15) is 5.82 Å². The van der Waals surface area contributed by atoms with Gasteiger partial charge in [-0.3, -0.25) is 4.72 Å². The number of sulfonamides is 1. The van der Waals surface area contributed by atoms with Crippen molar-refractivity contribution in [2.45, 2.75) is 25.7 Å². The molecule has 0 aliphatic carbocycles. The number of benzene rings is 2. The number of hydrogen-bond donors (Lipinski definition) is 1. The summed E-state index contributed by atoms with van der Waals surface area (Å²) in [5.74, 6) is -0.515. The summed E-state index contributed by atoms with van der Waals surface area (Å²) >= 11 is 3.07. The van der Waals surface area contributed by atoms with Crippen molar-refractivity contribution < 1.29 is 12.8 Å². The molecule has 0 saturated heterocycles. The van der Waals surface area contributed by atoms with Crippen LogP contribution in [0.5, 0.6) is 0 Å². The van der Waals surface area contributed by atoms with Gasteiger partial charge in [-0.05, 0) is 77.7 Å². The van der Waals surface area contributed by atoms with Crippen LogP contribution in [0.25, 0.3) is 0 Å². The van der Waals surface area contributed by atoms with Crippen LogP contribution in [0.3, 0.4) is 0 Å². The minimum atomic E-state index is -3.74. The zero-order valence-corrected chi connectivity index (χ0v) is 14.3. The second-order valence-electron chi connectivity index (χ2n) is 4.93. The number of anilines is 1. The Kier molecular flexibility index (Phi) is 4.39. The molecule has 3 nitrogen and oxygen atoms in total. The van der Waals surface area contributed by atoms with E-state index in [9.17, 15) is 12.8 Å². The van der Waals surface area contributed by atoms with E-state index in [2.05, 4.69) is 20.7 Å². The molecule has 0 radical (unpaired) electrons. The maximum absolute atomic E-state index is 13.6. The van der Waals surface area contributed by atoms with E-state index in [1.165, 1.54) is 12.1 Å². The van der Waals surface area contributed by atoms with Crippen LogP contribution in [-0.2, 0) is 10.0 Å². The predicted molar refractivity (Wildman–Crippen MR) is 85.6 cm³/mol. The Balaban J connectivity index is 2.42. The molecule has 2 aromatic rings. The average Bonchev–Trinajstić information content (AvgIpc) is 2.39. The lowest BCUT2D eigenvalue weighted by Gasteiger charge is -2.12. The SMILES string of the molecule is Cc1ccc(S(=O)(=O)Nc2cc(F)c(Br)cc2C)cc1C. The lowest BCUT2D eigenvalue weighted by molar-refractivity contribution is 0.601. The molecular formula is C15H15BrFNO2S. The molecule has 2 rings (SSSR count). The van der Waals surface area contributed by atoms with Gasteiger partial charge in [-0.1, -0.05) is 6.07 Å². The molecule has 0 fully saturated rings. The first kappa shape index (κ1) is 16.0. The van der Waals surface area contributed by atoms with Gasteiger partial charge in [-0.2, -0.15) is 0 Å². The normalized spacial score (nSPS) is 11.5. The van der Waals surface area contributed by atoms with E-state index in [0.29, 0.717) is 10.0 Å². The molecule has 0 aliphatic heterocycles. The monoisotopic (exact) mass is 371 g/mol. The van der Waals surface area contributed by atoms with E-state index in [1.807, 2.05) is 13.8 Å². The van der Waals surface area contributed by atoms with Gasteiger partial charge in [0.15, 0.2) is 0 Å². The van der Waals surface area contributed by atoms with Crippen molar-refractivity contribution in [3.05, 3.63) is 57.3 Å². The zero-order chi connectivity index (χ0) is 15.8. The number of halogens is 2. The van der Waals surface area contributed by atoms with Crippen molar-refractivity contribution in [1.82, 2.24) is 0 Å². The Bertz CT molecular complexity index is 804. The van der Waals surface area contributed by atoms with Crippen LogP contribution >= 0.6 is 15.9 Å². The quantitative estimate of drug-likeness (QED) is 0.873. The summed E-state index contributed by atoms with van der Waals surface area (Å²) in [5, 5.41) is 0. The summed E-state index contributed by atoms with van der Waals surface area (Å²) in [6, 6.07) is 7.59. The molecule has 21 heavy (non-hydrogen) atoms. The van der Waals surface area contributed by atoms with Crippen LogP contribution < -0.4 is 4.72 Å². The van der Waals surface area contributed by atoms with E-state index >= 15 is 0 Å². The fourth-order valence-electron chi connectivity index (χ4n) is 1.84. The second kappa shape index (κ2) is 5.77. The van der Waals surface area contributed by atoms with Crippen molar-refractivity contribution in [2.75, 3.05) is 4.72 Å². The minimum Gasteiger partial charge on any atom is -0.279 e. The first-order chi connectivity index (χ1) is 9.70. The standard InChI is InChI=1S/C15H15BrFNO2S/c1-9-4-5-12(6-10(9)2)21(19,20)18-15-8-14(17)13(16)7-11(15)3/h4-8,18H,1-3H3.